The maximum Gasteiger partial charge on any atom is 0.269 e. The van der Waals surface area contributed by atoms with E-state index < -0.39 is 0 Å². The Balaban J connectivity index is 1.29. The fourth-order valence-electron chi connectivity index (χ4n) is 3.68. The number of nitro benzene ring substituents is 1. The second-order valence-corrected chi connectivity index (χ2v) is 7.46. The van der Waals surface area contributed by atoms with Crippen LogP contribution in [0.25, 0.3) is 0 Å². The van der Waals surface area contributed by atoms with Crippen LogP contribution in [-0.4, -0.2) is 36.0 Å². The highest BCUT2D eigenvalue weighted by Crippen LogP contribution is 2.22. The van der Waals surface area contributed by atoms with Crippen LogP contribution in [0.2, 0.25) is 0 Å². The minimum atomic E-state index is -0.362. The molecule has 0 N–H and O–H groups in total. The molecule has 1 aliphatic heterocycles. The first-order valence-electron chi connectivity index (χ1n) is 10.1. The monoisotopic (exact) mass is 403 g/mol. The Labute approximate surface area is 176 Å². The van der Waals surface area contributed by atoms with E-state index in [1.165, 1.54) is 5.56 Å². The van der Waals surface area contributed by atoms with Gasteiger partial charge >= 0.3 is 0 Å². The van der Waals surface area contributed by atoms with Gasteiger partial charge in [-0.05, 0) is 35.4 Å². The maximum atomic E-state index is 10.8. The zero-order valence-electron chi connectivity index (χ0n) is 16.8. The summed E-state index contributed by atoms with van der Waals surface area (Å²) >= 11 is 0. The molecular weight excluding hydrogens is 378 g/mol. The minimum absolute atomic E-state index is 0.131. The standard InChI is InChI=1S/C24H25N3O3/c28-27(29)23-11-9-22(10-12-23)26-15-13-25(14-16-26)18-21-7-4-8-24(17-21)30-19-20-5-2-1-3-6-20/h1-12,17H,13-16,18-19H2. The maximum absolute atomic E-state index is 10.8. The van der Waals surface area contributed by atoms with Crippen molar-refractivity contribution in [1.82, 2.24) is 4.90 Å². The molecule has 1 fully saturated rings. The summed E-state index contributed by atoms with van der Waals surface area (Å²) in [5, 5.41) is 10.8. The molecule has 3 aromatic carbocycles. The van der Waals surface area contributed by atoms with E-state index in [2.05, 4.69) is 34.1 Å². The van der Waals surface area contributed by atoms with Crippen molar-refractivity contribution in [3.63, 3.8) is 0 Å². The third-order valence-corrected chi connectivity index (χ3v) is 5.35. The molecule has 154 valence electrons. The molecular formula is C24H25N3O3. The molecule has 0 radical (unpaired) electrons. The second kappa shape index (κ2) is 9.41. The van der Waals surface area contributed by atoms with E-state index in [0.717, 1.165) is 49.7 Å². The van der Waals surface area contributed by atoms with Crippen molar-refractivity contribution in [2.75, 3.05) is 31.1 Å². The van der Waals surface area contributed by atoms with Crippen LogP contribution < -0.4 is 9.64 Å². The highest BCUT2D eigenvalue weighted by molar-refractivity contribution is 5.51. The fraction of sp³-hybridized carbons (Fsp3) is 0.250. The van der Waals surface area contributed by atoms with Gasteiger partial charge in [-0.2, -0.15) is 0 Å². The SMILES string of the molecule is O=[N+]([O-])c1ccc(N2CCN(Cc3cccc(OCc4ccccc4)c3)CC2)cc1. The molecule has 0 spiro atoms. The minimum Gasteiger partial charge on any atom is -0.489 e. The fourth-order valence-corrected chi connectivity index (χ4v) is 3.68. The normalized spacial score (nSPS) is 14.5. The van der Waals surface area contributed by atoms with E-state index in [-0.39, 0.29) is 10.6 Å². The predicted molar refractivity (Wildman–Crippen MR) is 118 cm³/mol. The van der Waals surface area contributed by atoms with Gasteiger partial charge in [-0.15, -0.1) is 0 Å². The number of piperazine rings is 1. The van der Waals surface area contributed by atoms with Gasteiger partial charge in [0.1, 0.15) is 12.4 Å². The van der Waals surface area contributed by atoms with Crippen LogP contribution in [0.4, 0.5) is 11.4 Å². The van der Waals surface area contributed by atoms with Crippen molar-refractivity contribution in [3.05, 3.63) is 100 Å². The molecule has 0 saturated carbocycles. The molecule has 1 saturated heterocycles. The summed E-state index contributed by atoms with van der Waals surface area (Å²) in [6, 6.07) is 25.3. The van der Waals surface area contributed by atoms with Crippen molar-refractivity contribution in [3.8, 4) is 5.75 Å². The second-order valence-electron chi connectivity index (χ2n) is 7.46. The Hall–Kier alpha value is -3.38. The van der Waals surface area contributed by atoms with Crippen LogP contribution in [0.1, 0.15) is 11.1 Å². The van der Waals surface area contributed by atoms with Crippen LogP contribution in [0.15, 0.2) is 78.9 Å². The number of ether oxygens (including phenoxy) is 1. The Morgan fingerprint density at radius 3 is 2.23 bits per heavy atom. The first-order valence-corrected chi connectivity index (χ1v) is 10.1. The van der Waals surface area contributed by atoms with E-state index in [9.17, 15) is 10.1 Å². The molecule has 4 rings (SSSR count). The molecule has 0 amide bonds. The lowest BCUT2D eigenvalue weighted by molar-refractivity contribution is -0.384. The average molecular weight is 403 g/mol. The van der Waals surface area contributed by atoms with E-state index in [0.29, 0.717) is 6.61 Å². The zero-order valence-corrected chi connectivity index (χ0v) is 16.8. The number of hydrogen-bond acceptors (Lipinski definition) is 5. The molecule has 6 heteroatoms. The highest BCUT2D eigenvalue weighted by atomic mass is 16.6. The van der Waals surface area contributed by atoms with Gasteiger partial charge in [0.05, 0.1) is 4.92 Å². The molecule has 0 aromatic heterocycles. The molecule has 6 nitrogen and oxygen atoms in total. The Morgan fingerprint density at radius 2 is 1.53 bits per heavy atom. The van der Waals surface area contributed by atoms with E-state index in [1.54, 1.807) is 12.1 Å². The smallest absolute Gasteiger partial charge is 0.269 e. The number of benzene rings is 3. The van der Waals surface area contributed by atoms with Crippen molar-refractivity contribution < 1.29 is 9.66 Å². The number of rotatable bonds is 7. The first kappa shape index (κ1) is 19.9. The topological polar surface area (TPSA) is 58.9 Å². The quantitative estimate of drug-likeness (QED) is 0.430. The van der Waals surface area contributed by atoms with E-state index in [4.69, 9.17) is 4.74 Å². The van der Waals surface area contributed by atoms with Crippen LogP contribution in [0.5, 0.6) is 5.75 Å². The Morgan fingerprint density at radius 1 is 0.833 bits per heavy atom. The van der Waals surface area contributed by atoms with Gasteiger partial charge in [-0.25, -0.2) is 0 Å². The van der Waals surface area contributed by atoms with Crippen LogP contribution >= 0.6 is 0 Å². The summed E-state index contributed by atoms with van der Waals surface area (Å²) in [5.41, 5.74) is 3.57. The van der Waals surface area contributed by atoms with Gasteiger partial charge in [0.25, 0.3) is 5.69 Å². The summed E-state index contributed by atoms with van der Waals surface area (Å²) in [6.45, 7) is 5.16. The zero-order chi connectivity index (χ0) is 20.8. The van der Waals surface area contributed by atoms with Crippen molar-refractivity contribution in [2.24, 2.45) is 0 Å². The number of hydrogen-bond donors (Lipinski definition) is 0. The summed E-state index contributed by atoms with van der Waals surface area (Å²) in [5.74, 6) is 0.890. The van der Waals surface area contributed by atoms with Crippen molar-refractivity contribution in [1.29, 1.82) is 0 Å². The van der Waals surface area contributed by atoms with Gasteiger partial charge < -0.3 is 9.64 Å². The van der Waals surface area contributed by atoms with Crippen molar-refractivity contribution >= 4 is 11.4 Å². The van der Waals surface area contributed by atoms with Gasteiger partial charge in [0, 0.05) is 50.5 Å². The van der Waals surface area contributed by atoms with Gasteiger partial charge in [0.15, 0.2) is 0 Å². The molecule has 0 aliphatic carbocycles. The van der Waals surface area contributed by atoms with Crippen molar-refractivity contribution in [2.45, 2.75) is 13.2 Å². The molecule has 1 heterocycles. The van der Waals surface area contributed by atoms with Crippen LogP contribution in [-0.2, 0) is 13.2 Å². The van der Waals surface area contributed by atoms with Gasteiger partial charge in [0.2, 0.25) is 0 Å². The average Bonchev–Trinajstić information content (AvgIpc) is 2.79. The number of nitrogens with zero attached hydrogens (tertiary/aromatic N) is 3. The van der Waals surface area contributed by atoms with Gasteiger partial charge in [-0.3, -0.25) is 15.0 Å². The molecule has 0 atom stereocenters. The summed E-state index contributed by atoms with van der Waals surface area (Å²) < 4.78 is 5.95. The van der Waals surface area contributed by atoms with E-state index >= 15 is 0 Å². The molecule has 0 unspecified atom stereocenters. The number of anilines is 1. The third-order valence-electron chi connectivity index (χ3n) is 5.35. The number of non-ortho nitro benzene ring substituents is 1. The molecule has 0 bridgehead atoms. The number of nitro groups is 1. The summed E-state index contributed by atoms with van der Waals surface area (Å²) in [6.07, 6.45) is 0. The highest BCUT2D eigenvalue weighted by Gasteiger charge is 2.18. The third kappa shape index (κ3) is 5.15. The Bertz CT molecular complexity index is 969. The van der Waals surface area contributed by atoms with Crippen LogP contribution in [0.3, 0.4) is 0 Å². The lowest BCUT2D eigenvalue weighted by Gasteiger charge is -2.36. The Kier molecular flexibility index (Phi) is 6.25. The summed E-state index contributed by atoms with van der Waals surface area (Å²) in [4.78, 5) is 15.2. The van der Waals surface area contributed by atoms with E-state index in [1.807, 2.05) is 42.5 Å². The molecule has 30 heavy (non-hydrogen) atoms. The molecule has 1 aliphatic rings. The lowest BCUT2D eigenvalue weighted by atomic mass is 10.1. The van der Waals surface area contributed by atoms with Crippen LogP contribution in [0, 0.1) is 10.1 Å². The lowest BCUT2D eigenvalue weighted by Crippen LogP contribution is -2.45. The summed E-state index contributed by atoms with van der Waals surface area (Å²) in [7, 11) is 0. The van der Waals surface area contributed by atoms with Gasteiger partial charge in [-0.1, -0.05) is 42.5 Å². The first-order chi connectivity index (χ1) is 14.7. The molecule has 3 aromatic rings. The predicted octanol–water partition coefficient (Wildman–Crippen LogP) is 4.50. The largest absolute Gasteiger partial charge is 0.489 e.